The lowest BCUT2D eigenvalue weighted by atomic mass is 10.0. The zero-order valence-corrected chi connectivity index (χ0v) is 9.85. The van der Waals surface area contributed by atoms with E-state index in [1.165, 1.54) is 0 Å². The third-order valence-electron chi connectivity index (χ3n) is 3.03. The van der Waals surface area contributed by atoms with Gasteiger partial charge in [0, 0.05) is 12.0 Å². The van der Waals surface area contributed by atoms with Gasteiger partial charge in [-0.25, -0.2) is 0 Å². The molecule has 16 heavy (non-hydrogen) atoms. The number of ether oxygens (including phenoxy) is 1. The van der Waals surface area contributed by atoms with Crippen molar-refractivity contribution in [1.82, 2.24) is 0 Å². The summed E-state index contributed by atoms with van der Waals surface area (Å²) in [4.78, 5) is 11.8. The van der Waals surface area contributed by atoms with Crippen LogP contribution in [0.5, 0.6) is 0 Å². The molecule has 0 amide bonds. The lowest BCUT2D eigenvalue weighted by Gasteiger charge is -1.99. The fourth-order valence-corrected chi connectivity index (χ4v) is 2.02. The Bertz CT molecular complexity index is 356. The lowest BCUT2D eigenvalue weighted by molar-refractivity contribution is 0.0976. The Balaban J connectivity index is 1.78. The molecule has 0 bridgehead atoms. The first-order valence-electron chi connectivity index (χ1n) is 5.92. The summed E-state index contributed by atoms with van der Waals surface area (Å²) in [6.45, 7) is 4.31. The summed E-state index contributed by atoms with van der Waals surface area (Å²) in [6, 6.07) is 9.47. The molecule has 0 aliphatic carbocycles. The molecule has 1 aromatic carbocycles. The molecule has 0 spiro atoms. The summed E-state index contributed by atoms with van der Waals surface area (Å²) in [6.07, 6.45) is 2.14. The van der Waals surface area contributed by atoms with Gasteiger partial charge in [-0.05, 0) is 12.3 Å². The molecule has 0 aromatic heterocycles. The van der Waals surface area contributed by atoms with E-state index in [-0.39, 0.29) is 5.78 Å². The summed E-state index contributed by atoms with van der Waals surface area (Å²) < 4.78 is 5.51. The first-order valence-corrected chi connectivity index (χ1v) is 5.92. The molecule has 1 aliphatic heterocycles. The third-order valence-corrected chi connectivity index (χ3v) is 3.03. The van der Waals surface area contributed by atoms with Crippen molar-refractivity contribution < 1.29 is 9.53 Å². The highest BCUT2D eigenvalue weighted by Crippen LogP contribution is 2.32. The van der Waals surface area contributed by atoms with Gasteiger partial charge in [-0.15, -0.1) is 0 Å². The number of benzene rings is 1. The van der Waals surface area contributed by atoms with Gasteiger partial charge < -0.3 is 4.74 Å². The molecule has 2 atom stereocenters. The summed E-state index contributed by atoms with van der Waals surface area (Å²) in [5.41, 5.74) is 0.809. The normalized spacial score (nSPS) is 23.4. The zero-order chi connectivity index (χ0) is 11.5. The number of rotatable bonds is 5. The monoisotopic (exact) mass is 218 g/mol. The fraction of sp³-hybridized carbons (Fsp3) is 0.500. The summed E-state index contributed by atoms with van der Waals surface area (Å²) in [5, 5.41) is 0. The van der Waals surface area contributed by atoms with E-state index < -0.39 is 0 Å². The van der Waals surface area contributed by atoms with Crippen molar-refractivity contribution in [2.45, 2.75) is 38.9 Å². The van der Waals surface area contributed by atoms with Crippen LogP contribution in [0.25, 0.3) is 0 Å². The minimum atomic E-state index is 0.221. The van der Waals surface area contributed by atoms with Gasteiger partial charge in [0.05, 0.1) is 12.2 Å². The number of hydrogen-bond donors (Lipinski definition) is 0. The smallest absolute Gasteiger partial charge is 0.162 e. The van der Waals surface area contributed by atoms with E-state index in [9.17, 15) is 4.79 Å². The average Bonchev–Trinajstić information content (AvgIpc) is 3.06. The maximum Gasteiger partial charge on any atom is 0.162 e. The second kappa shape index (κ2) is 4.79. The van der Waals surface area contributed by atoms with E-state index in [2.05, 4.69) is 13.8 Å². The molecule has 1 aliphatic rings. The van der Waals surface area contributed by atoms with E-state index in [0.29, 0.717) is 24.5 Å². The van der Waals surface area contributed by atoms with Crippen LogP contribution >= 0.6 is 0 Å². The lowest BCUT2D eigenvalue weighted by Crippen LogP contribution is -2.05. The minimum Gasteiger partial charge on any atom is -0.369 e. The Morgan fingerprint density at radius 1 is 1.31 bits per heavy atom. The second-order valence-electron chi connectivity index (χ2n) is 4.71. The van der Waals surface area contributed by atoms with E-state index in [1.54, 1.807) is 0 Å². The van der Waals surface area contributed by atoms with Crippen molar-refractivity contribution in [2.24, 2.45) is 5.92 Å². The predicted molar refractivity (Wildman–Crippen MR) is 63.5 cm³/mol. The molecule has 2 rings (SSSR count). The molecular weight excluding hydrogens is 200 g/mol. The first kappa shape index (κ1) is 11.3. The van der Waals surface area contributed by atoms with E-state index in [0.717, 1.165) is 12.0 Å². The third kappa shape index (κ3) is 2.70. The van der Waals surface area contributed by atoms with Crippen LogP contribution in [0.4, 0.5) is 0 Å². The highest BCUT2D eigenvalue weighted by Gasteiger charge is 2.40. The van der Waals surface area contributed by atoms with Crippen molar-refractivity contribution in [3.8, 4) is 0 Å². The quantitative estimate of drug-likeness (QED) is 0.561. The number of ketones is 1. The molecule has 0 N–H and O–H groups in total. The van der Waals surface area contributed by atoms with Crippen LogP contribution in [0.2, 0.25) is 0 Å². The van der Waals surface area contributed by atoms with Crippen LogP contribution < -0.4 is 0 Å². The van der Waals surface area contributed by atoms with Crippen molar-refractivity contribution in [3.63, 3.8) is 0 Å². The minimum absolute atomic E-state index is 0.221. The maximum atomic E-state index is 11.8. The Morgan fingerprint density at radius 3 is 2.56 bits per heavy atom. The molecule has 1 saturated heterocycles. The topological polar surface area (TPSA) is 29.6 Å². The number of hydrogen-bond acceptors (Lipinski definition) is 2. The van der Waals surface area contributed by atoms with E-state index in [1.807, 2.05) is 30.3 Å². The summed E-state index contributed by atoms with van der Waals surface area (Å²) in [5.74, 6) is 0.787. The van der Waals surface area contributed by atoms with Gasteiger partial charge >= 0.3 is 0 Å². The molecule has 2 unspecified atom stereocenters. The molecule has 86 valence electrons. The van der Waals surface area contributed by atoms with Crippen LogP contribution in [0.1, 0.15) is 37.0 Å². The van der Waals surface area contributed by atoms with Gasteiger partial charge in [-0.2, -0.15) is 0 Å². The molecule has 2 heteroatoms. The zero-order valence-electron chi connectivity index (χ0n) is 9.85. The van der Waals surface area contributed by atoms with Gasteiger partial charge in [0.2, 0.25) is 0 Å². The molecule has 2 nitrogen and oxygen atoms in total. The average molecular weight is 218 g/mol. The molecule has 0 radical (unpaired) electrons. The standard InChI is InChI=1S/C14H18O2/c1-10(2)14-13(16-14)9-8-12(15)11-6-4-3-5-7-11/h3-7,10,13-14H,8-9H2,1-2H3. The Morgan fingerprint density at radius 2 is 2.00 bits per heavy atom. The largest absolute Gasteiger partial charge is 0.369 e. The summed E-state index contributed by atoms with van der Waals surface area (Å²) in [7, 11) is 0. The van der Waals surface area contributed by atoms with Crippen LogP contribution in [0.3, 0.4) is 0 Å². The molecule has 1 aromatic rings. The second-order valence-corrected chi connectivity index (χ2v) is 4.71. The van der Waals surface area contributed by atoms with Gasteiger partial charge in [0.25, 0.3) is 0 Å². The van der Waals surface area contributed by atoms with Gasteiger partial charge in [0.15, 0.2) is 5.78 Å². The van der Waals surface area contributed by atoms with Crippen LogP contribution in [0.15, 0.2) is 30.3 Å². The Hall–Kier alpha value is -1.15. The van der Waals surface area contributed by atoms with Gasteiger partial charge in [-0.3, -0.25) is 4.79 Å². The highest BCUT2D eigenvalue weighted by atomic mass is 16.6. The number of Topliss-reactive ketones (excluding diaryl/α,β-unsaturated/α-hetero) is 1. The number of carbonyl (C=O) groups is 1. The summed E-state index contributed by atoms with van der Waals surface area (Å²) >= 11 is 0. The van der Waals surface area contributed by atoms with E-state index in [4.69, 9.17) is 4.74 Å². The number of epoxide rings is 1. The predicted octanol–water partition coefficient (Wildman–Crippen LogP) is 3.07. The molecular formula is C14H18O2. The molecule has 1 fully saturated rings. The number of carbonyl (C=O) groups excluding carboxylic acids is 1. The van der Waals surface area contributed by atoms with Crippen molar-refractivity contribution in [2.75, 3.05) is 0 Å². The molecule has 1 heterocycles. The van der Waals surface area contributed by atoms with Crippen molar-refractivity contribution in [1.29, 1.82) is 0 Å². The van der Waals surface area contributed by atoms with Crippen molar-refractivity contribution in [3.05, 3.63) is 35.9 Å². The van der Waals surface area contributed by atoms with Crippen LogP contribution in [0, 0.1) is 5.92 Å². The van der Waals surface area contributed by atoms with Gasteiger partial charge in [-0.1, -0.05) is 44.2 Å². The van der Waals surface area contributed by atoms with E-state index >= 15 is 0 Å². The molecule has 0 saturated carbocycles. The maximum absolute atomic E-state index is 11.8. The van der Waals surface area contributed by atoms with Crippen molar-refractivity contribution >= 4 is 5.78 Å². The highest BCUT2D eigenvalue weighted by molar-refractivity contribution is 5.95. The Kier molecular flexibility index (Phi) is 3.39. The van der Waals surface area contributed by atoms with Crippen LogP contribution in [-0.2, 0) is 4.74 Å². The SMILES string of the molecule is CC(C)C1OC1CCC(=O)c1ccccc1. The van der Waals surface area contributed by atoms with Crippen LogP contribution in [-0.4, -0.2) is 18.0 Å². The van der Waals surface area contributed by atoms with Gasteiger partial charge in [0.1, 0.15) is 0 Å². The first-order chi connectivity index (χ1) is 7.68. The Labute approximate surface area is 96.6 Å². The fourth-order valence-electron chi connectivity index (χ4n) is 2.02.